The van der Waals surface area contributed by atoms with Crippen LogP contribution in [0.3, 0.4) is 0 Å². The highest BCUT2D eigenvalue weighted by molar-refractivity contribution is 7.00. The molecule has 2 heterocycles. The molecule has 0 amide bonds. The van der Waals surface area contributed by atoms with Gasteiger partial charge in [0.1, 0.15) is 16.6 Å². The molecular formula is C15H9ClN4O3S. The van der Waals surface area contributed by atoms with Gasteiger partial charge in [0.25, 0.3) is 0 Å². The average Bonchev–Trinajstić information content (AvgIpc) is 3.22. The number of hydrogen-bond acceptors (Lipinski definition) is 8. The molecule has 0 aliphatic heterocycles. The Morgan fingerprint density at radius 1 is 1.21 bits per heavy atom. The predicted molar refractivity (Wildman–Crippen MR) is 89.2 cm³/mol. The molecule has 120 valence electrons. The molecule has 0 spiro atoms. The number of ether oxygens (including phenoxy) is 1. The van der Waals surface area contributed by atoms with E-state index in [9.17, 15) is 4.79 Å². The molecule has 0 saturated carbocycles. The molecule has 2 aromatic carbocycles. The van der Waals surface area contributed by atoms with Gasteiger partial charge in [-0.3, -0.25) is 0 Å². The van der Waals surface area contributed by atoms with Crippen molar-refractivity contribution in [2.24, 2.45) is 0 Å². The molecule has 2 aromatic heterocycles. The smallest absolute Gasteiger partial charge is 0.341 e. The number of nitrogens with zero attached hydrogens (tertiary/aromatic N) is 4. The Hall–Kier alpha value is -2.58. The van der Waals surface area contributed by atoms with Crippen molar-refractivity contribution >= 4 is 51.4 Å². The molecule has 0 radical (unpaired) electrons. The summed E-state index contributed by atoms with van der Waals surface area (Å²) < 4.78 is 18.3. The van der Waals surface area contributed by atoms with Crippen molar-refractivity contribution in [3.63, 3.8) is 0 Å². The zero-order valence-electron chi connectivity index (χ0n) is 12.3. The van der Waals surface area contributed by atoms with E-state index in [2.05, 4.69) is 19.1 Å². The molecule has 24 heavy (non-hydrogen) atoms. The Morgan fingerprint density at radius 2 is 2.08 bits per heavy atom. The lowest BCUT2D eigenvalue weighted by Gasteiger charge is -2.10. The number of benzene rings is 2. The van der Waals surface area contributed by atoms with Crippen LogP contribution in [-0.2, 0) is 4.74 Å². The third-order valence-corrected chi connectivity index (χ3v) is 4.36. The van der Waals surface area contributed by atoms with Gasteiger partial charge in [-0.2, -0.15) is 8.75 Å². The normalized spacial score (nSPS) is 11.2. The summed E-state index contributed by atoms with van der Waals surface area (Å²) in [6.07, 6.45) is 0. The van der Waals surface area contributed by atoms with Gasteiger partial charge in [0.15, 0.2) is 5.52 Å². The molecule has 0 unspecified atom stereocenters. The minimum Gasteiger partial charge on any atom is -0.462 e. The van der Waals surface area contributed by atoms with Gasteiger partial charge in [0, 0.05) is 0 Å². The molecule has 4 rings (SSSR count). The van der Waals surface area contributed by atoms with Gasteiger partial charge >= 0.3 is 5.97 Å². The molecule has 0 aliphatic carbocycles. The highest BCUT2D eigenvalue weighted by Gasteiger charge is 2.21. The fraction of sp³-hybridized carbons (Fsp3) is 0.133. The topological polar surface area (TPSA) is 91.0 Å². The van der Waals surface area contributed by atoms with Crippen molar-refractivity contribution in [2.75, 3.05) is 6.61 Å². The van der Waals surface area contributed by atoms with Gasteiger partial charge in [-0.25, -0.2) is 9.42 Å². The van der Waals surface area contributed by atoms with Crippen LogP contribution in [0.2, 0.25) is 5.02 Å². The van der Waals surface area contributed by atoms with Gasteiger partial charge in [-0.05, 0) is 46.6 Å². The van der Waals surface area contributed by atoms with Crippen LogP contribution in [0, 0.1) is 0 Å². The first-order chi connectivity index (χ1) is 11.7. The lowest BCUT2D eigenvalue weighted by Crippen LogP contribution is -2.07. The van der Waals surface area contributed by atoms with E-state index >= 15 is 0 Å². The summed E-state index contributed by atoms with van der Waals surface area (Å²) in [6, 6.07) is 7.05. The highest BCUT2D eigenvalue weighted by Crippen LogP contribution is 2.34. The number of esters is 1. The standard InChI is InChI=1S/C15H9ClN4O3S/c1-2-22-15(21)12-8(3-4-10-14(12)20-24-19-10)7-5-9(16)13-11(6-7)17-23-18-13/h3-6H,2H2,1H3. The Labute approximate surface area is 144 Å². The number of carbonyl (C=O) groups is 1. The van der Waals surface area contributed by atoms with E-state index in [1.165, 1.54) is 0 Å². The summed E-state index contributed by atoms with van der Waals surface area (Å²) in [5.74, 6) is -0.458. The monoisotopic (exact) mass is 360 g/mol. The summed E-state index contributed by atoms with van der Waals surface area (Å²) in [4.78, 5) is 12.5. The third kappa shape index (κ3) is 2.31. The highest BCUT2D eigenvalue weighted by atomic mass is 35.5. The predicted octanol–water partition coefficient (Wildman–Crippen LogP) is 3.72. The summed E-state index contributed by atoms with van der Waals surface area (Å²) in [5.41, 5.74) is 3.81. The van der Waals surface area contributed by atoms with E-state index in [0.717, 1.165) is 11.7 Å². The molecule has 0 N–H and O–H groups in total. The van der Waals surface area contributed by atoms with E-state index in [0.29, 0.717) is 43.8 Å². The van der Waals surface area contributed by atoms with Crippen LogP contribution in [0.5, 0.6) is 0 Å². The number of fused-ring (bicyclic) bond motifs is 2. The lowest BCUT2D eigenvalue weighted by atomic mass is 9.98. The quantitative estimate of drug-likeness (QED) is 0.514. The van der Waals surface area contributed by atoms with Crippen LogP contribution >= 0.6 is 23.3 Å². The molecule has 0 saturated heterocycles. The van der Waals surface area contributed by atoms with Crippen LogP contribution in [0.25, 0.3) is 33.2 Å². The number of halogens is 1. The first-order valence-corrected chi connectivity index (χ1v) is 8.14. The third-order valence-electron chi connectivity index (χ3n) is 3.53. The van der Waals surface area contributed by atoms with Crippen LogP contribution < -0.4 is 0 Å². The Kier molecular flexibility index (Phi) is 3.62. The zero-order valence-corrected chi connectivity index (χ0v) is 13.9. The van der Waals surface area contributed by atoms with Gasteiger partial charge < -0.3 is 4.74 Å². The Balaban J connectivity index is 2.00. The molecule has 4 aromatic rings. The second-order valence-electron chi connectivity index (χ2n) is 4.93. The first-order valence-electron chi connectivity index (χ1n) is 7.03. The van der Waals surface area contributed by atoms with E-state index < -0.39 is 5.97 Å². The number of hydrogen-bond donors (Lipinski definition) is 0. The van der Waals surface area contributed by atoms with Crippen molar-refractivity contribution in [3.05, 3.63) is 34.9 Å². The van der Waals surface area contributed by atoms with Crippen LogP contribution in [0.1, 0.15) is 17.3 Å². The lowest BCUT2D eigenvalue weighted by molar-refractivity contribution is 0.0529. The summed E-state index contributed by atoms with van der Waals surface area (Å²) >= 11 is 7.28. The molecule has 0 aliphatic rings. The van der Waals surface area contributed by atoms with Gasteiger partial charge in [0.05, 0.1) is 28.9 Å². The molecule has 0 bridgehead atoms. The molecular weight excluding hydrogens is 352 g/mol. The minimum atomic E-state index is -0.458. The summed E-state index contributed by atoms with van der Waals surface area (Å²) in [6.45, 7) is 2.01. The van der Waals surface area contributed by atoms with E-state index in [-0.39, 0.29) is 6.61 Å². The molecule has 9 heteroatoms. The van der Waals surface area contributed by atoms with Crippen molar-refractivity contribution in [1.29, 1.82) is 0 Å². The average molecular weight is 361 g/mol. The fourth-order valence-electron chi connectivity index (χ4n) is 2.51. The van der Waals surface area contributed by atoms with Gasteiger partial charge in [0.2, 0.25) is 0 Å². The van der Waals surface area contributed by atoms with Crippen LogP contribution in [0.15, 0.2) is 28.9 Å². The van der Waals surface area contributed by atoms with Crippen molar-refractivity contribution in [1.82, 2.24) is 19.1 Å². The Morgan fingerprint density at radius 3 is 2.92 bits per heavy atom. The van der Waals surface area contributed by atoms with E-state index in [4.69, 9.17) is 21.0 Å². The second-order valence-corrected chi connectivity index (χ2v) is 5.87. The molecule has 0 atom stereocenters. The van der Waals surface area contributed by atoms with Crippen LogP contribution in [0.4, 0.5) is 0 Å². The van der Waals surface area contributed by atoms with Crippen molar-refractivity contribution in [2.45, 2.75) is 6.92 Å². The van der Waals surface area contributed by atoms with E-state index in [1.54, 1.807) is 31.2 Å². The molecule has 0 fully saturated rings. The van der Waals surface area contributed by atoms with Crippen LogP contribution in [-0.4, -0.2) is 31.6 Å². The Bertz CT molecular complexity index is 1080. The number of aromatic nitrogens is 4. The minimum absolute atomic E-state index is 0.263. The largest absolute Gasteiger partial charge is 0.462 e. The van der Waals surface area contributed by atoms with Crippen molar-refractivity contribution < 1.29 is 14.2 Å². The SMILES string of the molecule is CCOC(=O)c1c(-c2cc(Cl)c3nonc3c2)ccc2nsnc12. The maximum atomic E-state index is 12.5. The maximum absolute atomic E-state index is 12.5. The fourth-order valence-corrected chi connectivity index (χ4v) is 3.30. The molecule has 7 nitrogen and oxygen atoms in total. The summed E-state index contributed by atoms with van der Waals surface area (Å²) in [7, 11) is 0. The van der Waals surface area contributed by atoms with Gasteiger partial charge in [-0.1, -0.05) is 17.7 Å². The summed E-state index contributed by atoms with van der Waals surface area (Å²) in [5, 5.41) is 7.95. The number of carbonyl (C=O) groups excluding carboxylic acids is 1. The van der Waals surface area contributed by atoms with E-state index in [1.807, 2.05) is 0 Å². The first kappa shape index (κ1) is 15.0. The van der Waals surface area contributed by atoms with Gasteiger partial charge in [-0.15, -0.1) is 0 Å². The van der Waals surface area contributed by atoms with Crippen molar-refractivity contribution in [3.8, 4) is 11.1 Å². The number of rotatable bonds is 3. The second kappa shape index (κ2) is 5.81. The zero-order chi connectivity index (χ0) is 16.7. The maximum Gasteiger partial charge on any atom is 0.341 e.